The van der Waals surface area contributed by atoms with Gasteiger partial charge in [0, 0.05) is 78.3 Å². The van der Waals surface area contributed by atoms with Gasteiger partial charge in [-0.15, -0.1) is 26.3 Å². The highest BCUT2D eigenvalue weighted by Crippen LogP contribution is 2.45. The molecule has 0 spiro atoms. The zero-order valence-corrected chi connectivity index (χ0v) is 23.9. The molecule has 3 atom stereocenters. The first kappa shape index (κ1) is 28.1. The number of H-pyrrole nitrogens is 1. The van der Waals surface area contributed by atoms with Crippen LogP contribution in [0.4, 0.5) is 26.3 Å². The Hall–Kier alpha value is -3.38. The van der Waals surface area contributed by atoms with Gasteiger partial charge in [0.1, 0.15) is 11.5 Å². The van der Waals surface area contributed by atoms with E-state index in [1.165, 1.54) is 23.8 Å². The highest BCUT2D eigenvalue weighted by molar-refractivity contribution is 5.91. The van der Waals surface area contributed by atoms with E-state index in [0.717, 1.165) is 86.1 Å². The number of ether oxygens (including phenoxy) is 2. The molecule has 6 heterocycles. The molecule has 4 aliphatic rings. The Morgan fingerprint density at radius 3 is 2.41 bits per heavy atom. The summed E-state index contributed by atoms with van der Waals surface area (Å²) in [7, 11) is 0. The average molecular weight is 619 g/mol. The van der Waals surface area contributed by atoms with Gasteiger partial charge in [0.05, 0.1) is 11.6 Å². The molecule has 4 aliphatic heterocycles. The molecule has 234 valence electrons. The van der Waals surface area contributed by atoms with E-state index in [1.807, 2.05) is 0 Å². The molecule has 2 fully saturated rings. The third-order valence-electron chi connectivity index (χ3n) is 10.2. The van der Waals surface area contributed by atoms with E-state index in [2.05, 4.69) is 28.8 Å². The van der Waals surface area contributed by atoms with E-state index in [-0.39, 0.29) is 23.6 Å². The second-order valence-corrected chi connectivity index (χ2v) is 12.5. The van der Waals surface area contributed by atoms with Crippen LogP contribution in [0.3, 0.4) is 0 Å². The third kappa shape index (κ3) is 4.81. The van der Waals surface area contributed by atoms with E-state index in [0.29, 0.717) is 29.8 Å². The minimum absolute atomic E-state index is 0.0517. The molecule has 0 saturated carbocycles. The number of aromatic nitrogens is 2. The average Bonchev–Trinajstić information content (AvgIpc) is 3.66. The lowest BCUT2D eigenvalue weighted by Gasteiger charge is -2.29. The fourth-order valence-electron chi connectivity index (χ4n) is 8.59. The zero-order valence-electron chi connectivity index (χ0n) is 23.9. The van der Waals surface area contributed by atoms with Crippen molar-refractivity contribution in [3.63, 3.8) is 0 Å². The van der Waals surface area contributed by atoms with Crippen molar-refractivity contribution < 1.29 is 35.8 Å². The molecule has 44 heavy (non-hydrogen) atoms. The molecular formula is C32H32F6N4O2. The van der Waals surface area contributed by atoms with E-state index >= 15 is 0 Å². The summed E-state index contributed by atoms with van der Waals surface area (Å²) < 4.78 is 91.1. The SMILES string of the molecule is FC(F)(F)Oc1ccc2c3c(n(C4CCN5CCc6[nH]c7cccc(OC(F)(F)F)c7c6C[C@@H]45)c2c1)CCN1CCC[C@H]1C3. The Kier molecular flexibility index (Phi) is 6.43. The summed E-state index contributed by atoms with van der Waals surface area (Å²) in [5.41, 5.74) is 5.44. The van der Waals surface area contributed by atoms with Gasteiger partial charge in [0.2, 0.25) is 0 Å². The van der Waals surface area contributed by atoms with E-state index < -0.39 is 12.7 Å². The second-order valence-electron chi connectivity index (χ2n) is 12.5. The molecule has 0 amide bonds. The summed E-state index contributed by atoms with van der Waals surface area (Å²) in [4.78, 5) is 8.27. The summed E-state index contributed by atoms with van der Waals surface area (Å²) in [6, 6.07) is 9.68. The fourth-order valence-corrected chi connectivity index (χ4v) is 8.59. The molecule has 2 aromatic carbocycles. The zero-order chi connectivity index (χ0) is 30.4. The lowest BCUT2D eigenvalue weighted by atomic mass is 9.97. The lowest BCUT2D eigenvalue weighted by molar-refractivity contribution is -0.275. The van der Waals surface area contributed by atoms with Gasteiger partial charge in [-0.1, -0.05) is 6.07 Å². The molecule has 0 bridgehead atoms. The first-order chi connectivity index (χ1) is 21.0. The summed E-state index contributed by atoms with van der Waals surface area (Å²) in [6.45, 7) is 3.48. The van der Waals surface area contributed by atoms with Gasteiger partial charge >= 0.3 is 12.7 Å². The summed E-state index contributed by atoms with van der Waals surface area (Å²) in [5, 5.41) is 1.41. The predicted molar refractivity (Wildman–Crippen MR) is 152 cm³/mol. The number of halogens is 6. The number of hydrogen-bond acceptors (Lipinski definition) is 4. The van der Waals surface area contributed by atoms with Crippen LogP contribution in [0, 0.1) is 0 Å². The molecule has 0 radical (unpaired) electrons. The summed E-state index contributed by atoms with van der Waals surface area (Å²) in [6.07, 6.45) is -3.78. The van der Waals surface area contributed by atoms with Crippen LogP contribution in [0.2, 0.25) is 0 Å². The highest BCUT2D eigenvalue weighted by atomic mass is 19.4. The van der Waals surface area contributed by atoms with Crippen LogP contribution < -0.4 is 9.47 Å². The van der Waals surface area contributed by atoms with Crippen LogP contribution >= 0.6 is 0 Å². The van der Waals surface area contributed by atoms with Crippen molar-refractivity contribution in [2.45, 2.75) is 75.8 Å². The van der Waals surface area contributed by atoms with Crippen LogP contribution in [0.15, 0.2) is 36.4 Å². The minimum atomic E-state index is -4.82. The molecule has 2 aromatic heterocycles. The number of benzene rings is 2. The van der Waals surface area contributed by atoms with E-state index in [1.54, 1.807) is 18.2 Å². The first-order valence-electron chi connectivity index (χ1n) is 15.3. The molecule has 4 aromatic rings. The van der Waals surface area contributed by atoms with E-state index in [4.69, 9.17) is 0 Å². The monoisotopic (exact) mass is 618 g/mol. The number of aromatic amines is 1. The predicted octanol–water partition coefficient (Wildman–Crippen LogP) is 6.90. The highest BCUT2D eigenvalue weighted by Gasteiger charge is 2.42. The van der Waals surface area contributed by atoms with Crippen molar-refractivity contribution in [3.05, 3.63) is 58.9 Å². The molecule has 2 saturated heterocycles. The minimum Gasteiger partial charge on any atom is -0.406 e. The fraction of sp³-hybridized carbons (Fsp3) is 0.500. The third-order valence-corrected chi connectivity index (χ3v) is 10.2. The van der Waals surface area contributed by atoms with Crippen LogP contribution in [0.1, 0.15) is 47.8 Å². The Morgan fingerprint density at radius 2 is 1.59 bits per heavy atom. The molecule has 6 nitrogen and oxygen atoms in total. The van der Waals surface area contributed by atoms with Gasteiger partial charge in [-0.3, -0.25) is 9.80 Å². The quantitative estimate of drug-likeness (QED) is 0.254. The van der Waals surface area contributed by atoms with Crippen molar-refractivity contribution in [3.8, 4) is 11.5 Å². The Bertz CT molecular complexity index is 1740. The lowest BCUT2D eigenvalue weighted by Crippen LogP contribution is -2.36. The van der Waals surface area contributed by atoms with Crippen LogP contribution in [0.25, 0.3) is 21.8 Å². The normalized spacial score (nSPS) is 24.5. The van der Waals surface area contributed by atoms with Gasteiger partial charge in [0.25, 0.3) is 0 Å². The molecule has 12 heteroatoms. The van der Waals surface area contributed by atoms with Gasteiger partial charge < -0.3 is 19.0 Å². The van der Waals surface area contributed by atoms with Crippen LogP contribution in [-0.4, -0.2) is 70.3 Å². The van der Waals surface area contributed by atoms with Crippen LogP contribution in [0.5, 0.6) is 11.5 Å². The molecule has 1 N–H and O–H groups in total. The van der Waals surface area contributed by atoms with Gasteiger partial charge in [-0.2, -0.15) is 0 Å². The van der Waals surface area contributed by atoms with E-state index in [9.17, 15) is 26.3 Å². The van der Waals surface area contributed by atoms with Gasteiger partial charge in [-0.05, 0) is 74.0 Å². The summed E-state index contributed by atoms with van der Waals surface area (Å²) >= 11 is 0. The molecular weight excluding hydrogens is 586 g/mol. The Labute approximate surface area is 249 Å². The van der Waals surface area contributed by atoms with Crippen molar-refractivity contribution in [2.24, 2.45) is 0 Å². The smallest absolute Gasteiger partial charge is 0.406 e. The van der Waals surface area contributed by atoms with Crippen molar-refractivity contribution in [1.29, 1.82) is 0 Å². The van der Waals surface area contributed by atoms with Gasteiger partial charge in [0.15, 0.2) is 0 Å². The molecule has 1 unspecified atom stereocenters. The van der Waals surface area contributed by atoms with Crippen molar-refractivity contribution in [1.82, 2.24) is 19.4 Å². The number of nitrogens with zero attached hydrogens (tertiary/aromatic N) is 3. The van der Waals surface area contributed by atoms with Crippen molar-refractivity contribution >= 4 is 21.8 Å². The Morgan fingerprint density at radius 1 is 0.773 bits per heavy atom. The molecule has 0 aliphatic carbocycles. The first-order valence-corrected chi connectivity index (χ1v) is 15.3. The standard InChI is InChI=1S/C32H32F6N4O2/c33-31(34,35)43-19-6-7-20-21-15-18-3-2-11-40(18)13-9-25(21)42(27(20)16-19)26-10-14-41-12-8-23-22(17-28(26)41)30-24(39-23)4-1-5-29(30)44-32(36,37)38/h1,4-7,16,18,26,28,39H,2-3,8-15,17H2/t18-,26?,28-/m0/s1. The number of rotatable bonds is 3. The maximum atomic E-state index is 13.4. The number of nitrogens with one attached hydrogen (secondary N) is 1. The van der Waals surface area contributed by atoms with Crippen molar-refractivity contribution in [2.75, 3.05) is 26.2 Å². The number of hydrogen-bond donors (Lipinski definition) is 1. The van der Waals surface area contributed by atoms with Crippen LogP contribution in [-0.2, 0) is 25.7 Å². The topological polar surface area (TPSA) is 45.7 Å². The van der Waals surface area contributed by atoms with Gasteiger partial charge in [-0.25, -0.2) is 0 Å². The maximum absolute atomic E-state index is 13.4. The Balaban J connectivity index is 1.25. The second kappa shape index (κ2) is 10.1. The largest absolute Gasteiger partial charge is 0.573 e. The summed E-state index contributed by atoms with van der Waals surface area (Å²) in [5.74, 6) is -0.463. The number of alkyl halides is 6. The molecule has 8 rings (SSSR count). The number of fused-ring (bicyclic) bond motifs is 8. The maximum Gasteiger partial charge on any atom is 0.573 e.